The van der Waals surface area contributed by atoms with Gasteiger partial charge in [-0.1, -0.05) is 11.6 Å². The second-order valence-corrected chi connectivity index (χ2v) is 7.49. The lowest BCUT2D eigenvalue weighted by Crippen LogP contribution is -2.43. The van der Waals surface area contributed by atoms with E-state index in [-0.39, 0.29) is 22.1 Å². The fraction of sp³-hybridized carbons (Fsp3) is 0.727. The summed E-state index contributed by atoms with van der Waals surface area (Å²) in [4.78, 5) is 0. The van der Waals surface area contributed by atoms with Crippen molar-refractivity contribution in [3.8, 4) is 0 Å². The Hall–Kier alpha value is -0.630. The number of hydrogen-bond donors (Lipinski definition) is 1. The van der Waals surface area contributed by atoms with Crippen molar-refractivity contribution in [3.63, 3.8) is 0 Å². The maximum Gasteiger partial charge on any atom is 0.262 e. The molecular formula is C11H17ClN4O2S. The van der Waals surface area contributed by atoms with Crippen LogP contribution in [0, 0.1) is 5.92 Å². The molecule has 8 heteroatoms. The Balaban J connectivity index is 2.05. The van der Waals surface area contributed by atoms with E-state index >= 15 is 0 Å². The minimum absolute atomic E-state index is 0.00747. The first-order valence-corrected chi connectivity index (χ1v) is 8.16. The van der Waals surface area contributed by atoms with Crippen molar-refractivity contribution in [2.24, 2.45) is 13.0 Å². The van der Waals surface area contributed by atoms with E-state index in [9.17, 15) is 8.42 Å². The van der Waals surface area contributed by atoms with Crippen LogP contribution >= 0.6 is 11.6 Å². The van der Waals surface area contributed by atoms with Crippen LogP contribution in [0.1, 0.15) is 13.3 Å². The normalized spacial score (nSPS) is 31.8. The lowest BCUT2D eigenvalue weighted by atomic mass is 10.0. The molecule has 1 aromatic rings. The van der Waals surface area contributed by atoms with E-state index in [2.05, 4.69) is 10.4 Å². The summed E-state index contributed by atoms with van der Waals surface area (Å²) in [6, 6.07) is 0.0408. The molecule has 6 nitrogen and oxygen atoms in total. The molecule has 2 aliphatic rings. The van der Waals surface area contributed by atoms with Gasteiger partial charge in [-0.15, -0.1) is 0 Å². The van der Waals surface area contributed by atoms with E-state index in [0.29, 0.717) is 12.5 Å². The zero-order valence-electron chi connectivity index (χ0n) is 10.9. The summed E-state index contributed by atoms with van der Waals surface area (Å²) in [5.74, 6) is 0.400. The summed E-state index contributed by atoms with van der Waals surface area (Å²) in [6.07, 6.45) is 2.27. The Morgan fingerprint density at radius 2 is 2.21 bits per heavy atom. The fourth-order valence-electron chi connectivity index (χ4n) is 3.33. The first-order valence-electron chi connectivity index (χ1n) is 6.34. The van der Waals surface area contributed by atoms with Gasteiger partial charge in [-0.05, 0) is 25.8 Å². The van der Waals surface area contributed by atoms with E-state index < -0.39 is 10.0 Å². The van der Waals surface area contributed by atoms with Gasteiger partial charge in [-0.25, -0.2) is 8.42 Å². The van der Waals surface area contributed by atoms with Gasteiger partial charge in [0.2, 0.25) is 0 Å². The molecule has 0 spiro atoms. The highest BCUT2D eigenvalue weighted by Gasteiger charge is 2.49. The average molecular weight is 305 g/mol. The Labute approximate surface area is 117 Å². The first kappa shape index (κ1) is 13.4. The number of aromatic nitrogens is 2. The predicted octanol–water partition coefficient (Wildman–Crippen LogP) is 0.444. The highest BCUT2D eigenvalue weighted by atomic mass is 35.5. The number of sulfonamides is 1. The molecule has 3 unspecified atom stereocenters. The highest BCUT2D eigenvalue weighted by Crippen LogP contribution is 2.37. The van der Waals surface area contributed by atoms with E-state index in [1.165, 1.54) is 10.9 Å². The average Bonchev–Trinajstić information content (AvgIpc) is 2.92. The molecule has 0 saturated carbocycles. The van der Waals surface area contributed by atoms with Crippen LogP contribution in [0.4, 0.5) is 0 Å². The third kappa shape index (κ3) is 1.91. The molecule has 2 aliphatic heterocycles. The minimum Gasteiger partial charge on any atom is -0.315 e. The number of halogens is 1. The fourth-order valence-corrected chi connectivity index (χ4v) is 5.83. The van der Waals surface area contributed by atoms with Gasteiger partial charge in [0, 0.05) is 25.7 Å². The second kappa shape index (κ2) is 4.44. The van der Waals surface area contributed by atoms with Crippen molar-refractivity contribution < 1.29 is 8.42 Å². The van der Waals surface area contributed by atoms with Gasteiger partial charge in [0.15, 0.2) is 5.03 Å². The molecule has 1 N–H and O–H groups in total. The van der Waals surface area contributed by atoms with Crippen molar-refractivity contribution in [1.29, 1.82) is 0 Å². The standard InChI is InChI=1S/C11H17ClN4O2S/c1-7-3-8-4-13-6-10(8)16(7)19(17,18)11-9(12)5-14-15(11)2/h5,7-8,10,13H,3-4,6H2,1-2H3. The van der Waals surface area contributed by atoms with E-state index in [0.717, 1.165) is 13.0 Å². The minimum atomic E-state index is -3.60. The summed E-state index contributed by atoms with van der Waals surface area (Å²) in [5.41, 5.74) is 0. The number of fused-ring (bicyclic) bond motifs is 1. The summed E-state index contributed by atoms with van der Waals surface area (Å²) in [5, 5.41) is 7.46. The predicted molar refractivity (Wildman–Crippen MR) is 71.5 cm³/mol. The lowest BCUT2D eigenvalue weighted by Gasteiger charge is -2.26. The van der Waals surface area contributed by atoms with Crippen molar-refractivity contribution in [1.82, 2.24) is 19.4 Å². The monoisotopic (exact) mass is 304 g/mol. The van der Waals surface area contributed by atoms with Crippen molar-refractivity contribution in [2.45, 2.75) is 30.5 Å². The molecular weight excluding hydrogens is 288 g/mol. The van der Waals surface area contributed by atoms with Gasteiger partial charge in [0.05, 0.1) is 11.2 Å². The Kier molecular flexibility index (Phi) is 3.12. The van der Waals surface area contributed by atoms with Gasteiger partial charge in [0.1, 0.15) is 0 Å². The molecule has 2 saturated heterocycles. The van der Waals surface area contributed by atoms with Gasteiger partial charge in [-0.3, -0.25) is 4.68 Å². The number of nitrogens with one attached hydrogen (secondary N) is 1. The van der Waals surface area contributed by atoms with Crippen molar-refractivity contribution >= 4 is 21.6 Å². The summed E-state index contributed by atoms with van der Waals surface area (Å²) in [7, 11) is -2.00. The van der Waals surface area contributed by atoms with Crippen LogP contribution < -0.4 is 5.32 Å². The molecule has 19 heavy (non-hydrogen) atoms. The first-order chi connectivity index (χ1) is 8.93. The molecule has 2 fully saturated rings. The van der Waals surface area contributed by atoms with Crippen LogP contribution in [-0.4, -0.2) is 47.7 Å². The molecule has 0 bridgehead atoms. The van der Waals surface area contributed by atoms with Crippen LogP contribution in [0.2, 0.25) is 5.02 Å². The largest absolute Gasteiger partial charge is 0.315 e. The highest BCUT2D eigenvalue weighted by molar-refractivity contribution is 7.89. The zero-order chi connectivity index (χ0) is 13.8. The van der Waals surface area contributed by atoms with E-state index in [1.807, 2.05) is 6.92 Å². The Bertz CT molecular complexity index is 580. The molecule has 0 aromatic carbocycles. The number of aryl methyl sites for hydroxylation is 1. The van der Waals surface area contributed by atoms with Crippen LogP contribution in [0.5, 0.6) is 0 Å². The lowest BCUT2D eigenvalue weighted by molar-refractivity contribution is 0.332. The summed E-state index contributed by atoms with van der Waals surface area (Å²) >= 11 is 5.99. The van der Waals surface area contributed by atoms with Crippen LogP contribution in [0.25, 0.3) is 0 Å². The molecule has 3 atom stereocenters. The summed E-state index contributed by atoms with van der Waals surface area (Å²) < 4.78 is 28.6. The summed E-state index contributed by atoms with van der Waals surface area (Å²) in [6.45, 7) is 3.56. The maximum atomic E-state index is 12.8. The Morgan fingerprint density at radius 1 is 1.47 bits per heavy atom. The van der Waals surface area contributed by atoms with Gasteiger partial charge in [-0.2, -0.15) is 9.40 Å². The third-order valence-corrected chi connectivity index (χ3v) is 6.62. The molecule has 106 valence electrons. The smallest absolute Gasteiger partial charge is 0.262 e. The quantitative estimate of drug-likeness (QED) is 0.861. The van der Waals surface area contributed by atoms with Gasteiger partial charge in [0.25, 0.3) is 10.0 Å². The molecule has 1 aromatic heterocycles. The van der Waals surface area contributed by atoms with Crippen molar-refractivity contribution in [2.75, 3.05) is 13.1 Å². The van der Waals surface area contributed by atoms with E-state index in [1.54, 1.807) is 11.4 Å². The Morgan fingerprint density at radius 3 is 2.84 bits per heavy atom. The third-order valence-electron chi connectivity index (χ3n) is 4.07. The number of rotatable bonds is 2. The number of hydrogen-bond acceptors (Lipinski definition) is 4. The number of nitrogens with zero attached hydrogens (tertiary/aromatic N) is 3. The second-order valence-electron chi connectivity index (χ2n) is 5.33. The zero-order valence-corrected chi connectivity index (χ0v) is 12.4. The van der Waals surface area contributed by atoms with Crippen LogP contribution in [0.3, 0.4) is 0 Å². The molecule has 3 rings (SSSR count). The molecule has 3 heterocycles. The van der Waals surface area contributed by atoms with Crippen molar-refractivity contribution in [3.05, 3.63) is 11.2 Å². The molecule has 0 amide bonds. The van der Waals surface area contributed by atoms with Gasteiger partial charge >= 0.3 is 0 Å². The van der Waals surface area contributed by atoms with E-state index in [4.69, 9.17) is 11.6 Å². The SMILES string of the molecule is CC1CC2CNCC2N1S(=O)(=O)c1c(Cl)cnn1C. The molecule has 0 aliphatic carbocycles. The van der Waals surface area contributed by atoms with Crippen LogP contribution in [0.15, 0.2) is 11.2 Å². The maximum absolute atomic E-state index is 12.8. The van der Waals surface area contributed by atoms with Crippen LogP contribution in [-0.2, 0) is 17.1 Å². The van der Waals surface area contributed by atoms with Gasteiger partial charge < -0.3 is 5.32 Å². The topological polar surface area (TPSA) is 67.2 Å². The molecule has 0 radical (unpaired) electrons.